The number of ether oxygens (including phenoxy) is 2. The third kappa shape index (κ3) is 2.26. The third-order valence-electron chi connectivity index (χ3n) is 2.09. The van der Waals surface area contributed by atoms with Crippen molar-refractivity contribution in [3.05, 3.63) is 22.7 Å². The van der Waals surface area contributed by atoms with Crippen molar-refractivity contribution >= 4 is 17.6 Å². The van der Waals surface area contributed by atoms with Crippen LogP contribution < -0.4 is 9.47 Å². The lowest BCUT2D eigenvalue weighted by molar-refractivity contribution is -0.166. The topological polar surface area (TPSA) is 55.8 Å². The first-order valence-corrected chi connectivity index (χ1v) is 4.76. The number of hydrogen-bond acceptors (Lipinski definition) is 3. The zero-order valence-corrected chi connectivity index (χ0v) is 9.72. The van der Waals surface area contributed by atoms with Crippen LogP contribution in [0.15, 0.2) is 12.1 Å². The second-order valence-electron chi connectivity index (χ2n) is 3.04. The van der Waals surface area contributed by atoms with Crippen LogP contribution >= 0.6 is 11.6 Å². The van der Waals surface area contributed by atoms with Gasteiger partial charge in [-0.3, -0.25) is 0 Å². The average molecular weight is 267 g/mol. The number of methoxy groups -OCH3 is 2. The molecule has 0 bridgehead atoms. The van der Waals surface area contributed by atoms with Crippen molar-refractivity contribution in [2.45, 2.75) is 5.92 Å². The third-order valence-corrected chi connectivity index (χ3v) is 2.47. The normalized spacial score (nSPS) is 11.1. The largest absolute Gasteiger partial charge is 0.493 e. The second kappa shape index (κ2) is 4.75. The molecule has 0 aliphatic rings. The Kier molecular flexibility index (Phi) is 3.77. The van der Waals surface area contributed by atoms with E-state index < -0.39 is 22.5 Å². The maximum atomic E-state index is 13.3. The molecule has 0 fully saturated rings. The molecular formula is C10H9ClF2O4. The zero-order valence-electron chi connectivity index (χ0n) is 8.96. The van der Waals surface area contributed by atoms with Crippen molar-refractivity contribution < 1.29 is 28.2 Å². The Morgan fingerprint density at radius 1 is 1.35 bits per heavy atom. The average Bonchev–Trinajstić information content (AvgIpc) is 2.27. The molecule has 17 heavy (non-hydrogen) atoms. The predicted molar refractivity (Wildman–Crippen MR) is 56.1 cm³/mol. The van der Waals surface area contributed by atoms with Gasteiger partial charge >= 0.3 is 11.9 Å². The van der Waals surface area contributed by atoms with Crippen LogP contribution in [0.2, 0.25) is 5.02 Å². The van der Waals surface area contributed by atoms with Crippen molar-refractivity contribution in [2.24, 2.45) is 0 Å². The highest BCUT2D eigenvalue weighted by molar-refractivity contribution is 6.33. The van der Waals surface area contributed by atoms with Crippen LogP contribution in [0.25, 0.3) is 0 Å². The van der Waals surface area contributed by atoms with E-state index in [4.69, 9.17) is 26.2 Å². The van der Waals surface area contributed by atoms with E-state index >= 15 is 0 Å². The Morgan fingerprint density at radius 2 is 1.94 bits per heavy atom. The van der Waals surface area contributed by atoms with Gasteiger partial charge in [-0.2, -0.15) is 8.78 Å². The van der Waals surface area contributed by atoms with Crippen LogP contribution in [0, 0.1) is 0 Å². The number of carboxylic acid groups (broad SMARTS) is 1. The number of carbonyl (C=O) groups is 1. The molecule has 1 aromatic rings. The van der Waals surface area contributed by atoms with Crippen LogP contribution in [-0.4, -0.2) is 25.3 Å². The smallest absolute Gasteiger partial charge is 0.379 e. The van der Waals surface area contributed by atoms with E-state index in [1.807, 2.05) is 0 Å². The second-order valence-corrected chi connectivity index (χ2v) is 3.42. The van der Waals surface area contributed by atoms with E-state index in [1.165, 1.54) is 14.2 Å². The summed E-state index contributed by atoms with van der Waals surface area (Å²) in [7, 11) is 2.52. The summed E-state index contributed by atoms with van der Waals surface area (Å²) < 4.78 is 36.3. The number of benzene rings is 1. The van der Waals surface area contributed by atoms with E-state index in [9.17, 15) is 13.6 Å². The van der Waals surface area contributed by atoms with Gasteiger partial charge in [0.25, 0.3) is 0 Å². The first kappa shape index (κ1) is 13.5. The Hall–Kier alpha value is -1.56. The molecule has 94 valence electrons. The number of alkyl halides is 2. The lowest BCUT2D eigenvalue weighted by Crippen LogP contribution is -2.25. The fraction of sp³-hybridized carbons (Fsp3) is 0.300. The molecule has 4 nitrogen and oxygen atoms in total. The highest BCUT2D eigenvalue weighted by atomic mass is 35.5. The van der Waals surface area contributed by atoms with Gasteiger partial charge < -0.3 is 14.6 Å². The van der Waals surface area contributed by atoms with E-state index in [0.717, 1.165) is 12.1 Å². The Morgan fingerprint density at radius 3 is 2.35 bits per heavy atom. The van der Waals surface area contributed by atoms with Gasteiger partial charge in [0, 0.05) is 0 Å². The molecule has 1 aromatic carbocycles. The maximum absolute atomic E-state index is 13.3. The van der Waals surface area contributed by atoms with Crippen molar-refractivity contribution in [1.29, 1.82) is 0 Å². The van der Waals surface area contributed by atoms with Crippen molar-refractivity contribution in [1.82, 2.24) is 0 Å². The number of aliphatic carboxylic acids is 1. The number of rotatable bonds is 4. The lowest BCUT2D eigenvalue weighted by atomic mass is 10.1. The van der Waals surface area contributed by atoms with Gasteiger partial charge in [0.2, 0.25) is 0 Å². The number of hydrogen-bond donors (Lipinski definition) is 1. The van der Waals surface area contributed by atoms with Crippen molar-refractivity contribution in [2.75, 3.05) is 14.2 Å². The molecule has 7 heteroatoms. The van der Waals surface area contributed by atoms with E-state index in [1.54, 1.807) is 0 Å². The molecule has 0 atom stereocenters. The van der Waals surface area contributed by atoms with E-state index in [-0.39, 0.29) is 11.5 Å². The number of carboxylic acids is 1. The van der Waals surface area contributed by atoms with E-state index in [2.05, 4.69) is 0 Å². The summed E-state index contributed by atoms with van der Waals surface area (Å²) in [6, 6.07) is 2.05. The molecule has 0 aliphatic heterocycles. The molecule has 0 radical (unpaired) electrons. The molecule has 1 rings (SSSR count). The maximum Gasteiger partial charge on any atom is 0.379 e. The standard InChI is InChI=1S/C10H9ClF2O4/c1-16-6-4-3-5(7(11)8(6)17-2)10(12,13)9(14)15/h3-4H,1-2H3,(H,14,15). The summed E-state index contributed by atoms with van der Waals surface area (Å²) in [5.41, 5.74) is -0.843. The van der Waals surface area contributed by atoms with Gasteiger partial charge in [-0.05, 0) is 12.1 Å². The number of halogens is 3. The van der Waals surface area contributed by atoms with Crippen LogP contribution in [0.3, 0.4) is 0 Å². The summed E-state index contributed by atoms with van der Waals surface area (Å²) in [6.45, 7) is 0. The van der Waals surface area contributed by atoms with Crippen LogP contribution in [0.5, 0.6) is 11.5 Å². The van der Waals surface area contributed by atoms with Crippen molar-refractivity contribution in [3.8, 4) is 11.5 Å². The molecule has 0 aromatic heterocycles. The Balaban J connectivity index is 3.43. The fourth-order valence-corrected chi connectivity index (χ4v) is 1.60. The highest BCUT2D eigenvalue weighted by Gasteiger charge is 2.43. The van der Waals surface area contributed by atoms with Gasteiger partial charge in [-0.1, -0.05) is 11.6 Å². The van der Waals surface area contributed by atoms with Gasteiger partial charge in [0.05, 0.1) is 24.8 Å². The lowest BCUT2D eigenvalue weighted by Gasteiger charge is -2.16. The minimum Gasteiger partial charge on any atom is -0.493 e. The van der Waals surface area contributed by atoms with E-state index in [0.29, 0.717) is 0 Å². The van der Waals surface area contributed by atoms with Gasteiger partial charge in [0.1, 0.15) is 0 Å². The quantitative estimate of drug-likeness (QED) is 0.910. The molecular weight excluding hydrogens is 258 g/mol. The minimum atomic E-state index is -4.09. The molecule has 0 saturated carbocycles. The molecule has 1 N–H and O–H groups in total. The molecule has 0 unspecified atom stereocenters. The van der Waals surface area contributed by atoms with Gasteiger partial charge in [0.15, 0.2) is 11.5 Å². The van der Waals surface area contributed by atoms with Crippen LogP contribution in [0.4, 0.5) is 8.78 Å². The first-order valence-electron chi connectivity index (χ1n) is 4.38. The van der Waals surface area contributed by atoms with Gasteiger partial charge in [-0.15, -0.1) is 0 Å². The summed E-state index contributed by atoms with van der Waals surface area (Å²) >= 11 is 5.67. The van der Waals surface area contributed by atoms with Gasteiger partial charge in [-0.25, -0.2) is 4.79 Å². The first-order chi connectivity index (χ1) is 7.86. The molecule has 0 heterocycles. The predicted octanol–water partition coefficient (Wildman–Crippen LogP) is 2.53. The zero-order chi connectivity index (χ0) is 13.2. The Labute approximate surface area is 101 Å². The molecule has 0 aliphatic carbocycles. The van der Waals surface area contributed by atoms with Crippen molar-refractivity contribution in [3.63, 3.8) is 0 Å². The summed E-state index contributed by atoms with van der Waals surface area (Å²) in [4.78, 5) is 10.4. The monoisotopic (exact) mass is 266 g/mol. The molecule has 0 saturated heterocycles. The summed E-state index contributed by atoms with van der Waals surface area (Å²) in [5.74, 6) is -6.36. The Bertz CT molecular complexity index is 448. The fourth-order valence-electron chi connectivity index (χ4n) is 1.25. The highest BCUT2D eigenvalue weighted by Crippen LogP contribution is 2.43. The molecule has 0 spiro atoms. The molecule has 0 amide bonds. The summed E-state index contributed by atoms with van der Waals surface area (Å²) in [6.07, 6.45) is 0. The van der Waals surface area contributed by atoms with Crippen LogP contribution in [0.1, 0.15) is 5.56 Å². The minimum absolute atomic E-state index is 0.132. The van der Waals surface area contributed by atoms with Crippen LogP contribution in [-0.2, 0) is 10.7 Å². The summed E-state index contributed by atoms with van der Waals surface area (Å²) in [5, 5.41) is 7.94. The SMILES string of the molecule is COc1ccc(C(F)(F)C(=O)O)c(Cl)c1OC.